The van der Waals surface area contributed by atoms with Crippen molar-refractivity contribution in [3.63, 3.8) is 0 Å². The molecule has 0 saturated heterocycles. The molecule has 108 valence electrons. The minimum absolute atomic E-state index is 0.182. The maximum absolute atomic E-state index is 8.99. The van der Waals surface area contributed by atoms with E-state index in [0.717, 1.165) is 18.0 Å². The summed E-state index contributed by atoms with van der Waals surface area (Å²) in [5.74, 6) is 1.70. The lowest BCUT2D eigenvalue weighted by Gasteiger charge is -2.25. The topological polar surface area (TPSA) is 41.9 Å². The molecular formula is C15H25NO3. The molecule has 0 spiro atoms. The molecule has 0 radical (unpaired) electrons. The van der Waals surface area contributed by atoms with E-state index in [0.29, 0.717) is 25.8 Å². The third-order valence-electron chi connectivity index (χ3n) is 2.90. The molecular weight excluding hydrogens is 242 g/mol. The monoisotopic (exact) mass is 267 g/mol. The molecule has 0 fully saturated rings. The molecule has 4 heteroatoms. The zero-order valence-corrected chi connectivity index (χ0v) is 12.1. The summed E-state index contributed by atoms with van der Waals surface area (Å²) in [7, 11) is 0. The van der Waals surface area contributed by atoms with Crippen LogP contribution in [-0.2, 0) is 0 Å². The zero-order chi connectivity index (χ0) is 14.1. The van der Waals surface area contributed by atoms with E-state index in [4.69, 9.17) is 14.6 Å². The van der Waals surface area contributed by atoms with E-state index in [9.17, 15) is 0 Å². The second-order valence-electron chi connectivity index (χ2n) is 4.61. The van der Waals surface area contributed by atoms with Crippen molar-refractivity contribution in [1.82, 2.24) is 4.90 Å². The van der Waals surface area contributed by atoms with Gasteiger partial charge in [0.1, 0.15) is 18.1 Å². The average Bonchev–Trinajstić information content (AvgIpc) is 2.40. The Morgan fingerprint density at radius 1 is 1.05 bits per heavy atom. The normalized spacial score (nSPS) is 11.1. The van der Waals surface area contributed by atoms with Gasteiger partial charge < -0.3 is 14.6 Å². The number of rotatable bonds is 9. The number of hydrogen-bond donors (Lipinski definition) is 1. The fourth-order valence-electron chi connectivity index (χ4n) is 1.84. The number of ether oxygens (including phenoxy) is 2. The van der Waals surface area contributed by atoms with Crippen LogP contribution in [0, 0.1) is 0 Å². The molecule has 0 amide bonds. The second kappa shape index (κ2) is 8.77. The van der Waals surface area contributed by atoms with Gasteiger partial charge in [0.2, 0.25) is 0 Å². The van der Waals surface area contributed by atoms with Gasteiger partial charge >= 0.3 is 0 Å². The van der Waals surface area contributed by atoms with Crippen molar-refractivity contribution in [1.29, 1.82) is 0 Å². The Bertz CT molecular complexity index is 338. The predicted octanol–water partition coefficient (Wildman–Crippen LogP) is 2.17. The number of aliphatic hydroxyl groups excluding tert-OH is 1. The molecule has 1 N–H and O–H groups in total. The highest BCUT2D eigenvalue weighted by Gasteiger charge is 2.08. The lowest BCUT2D eigenvalue weighted by Crippen LogP contribution is -2.36. The van der Waals surface area contributed by atoms with Crippen molar-refractivity contribution in [3.05, 3.63) is 24.3 Å². The van der Waals surface area contributed by atoms with Crippen LogP contribution in [0.4, 0.5) is 0 Å². The Hall–Kier alpha value is -1.26. The quantitative estimate of drug-likeness (QED) is 0.744. The van der Waals surface area contributed by atoms with Crippen molar-refractivity contribution in [2.24, 2.45) is 0 Å². The fraction of sp³-hybridized carbons (Fsp3) is 0.600. The van der Waals surface area contributed by atoms with Crippen LogP contribution in [0.1, 0.15) is 20.8 Å². The van der Waals surface area contributed by atoms with E-state index in [-0.39, 0.29) is 6.61 Å². The van der Waals surface area contributed by atoms with E-state index >= 15 is 0 Å². The summed E-state index contributed by atoms with van der Waals surface area (Å²) < 4.78 is 11.1. The van der Waals surface area contributed by atoms with Crippen LogP contribution in [0.25, 0.3) is 0 Å². The summed E-state index contributed by atoms with van der Waals surface area (Å²) in [6.45, 7) is 9.17. The number of aliphatic hydroxyl groups is 1. The summed E-state index contributed by atoms with van der Waals surface area (Å²) >= 11 is 0. The molecule has 1 aromatic carbocycles. The van der Waals surface area contributed by atoms with Crippen molar-refractivity contribution in [2.75, 3.05) is 32.9 Å². The highest BCUT2D eigenvalue weighted by Crippen LogP contribution is 2.17. The van der Waals surface area contributed by atoms with Crippen LogP contribution in [0.2, 0.25) is 0 Å². The molecule has 19 heavy (non-hydrogen) atoms. The summed E-state index contributed by atoms with van der Waals surface area (Å²) in [5, 5.41) is 8.99. The minimum atomic E-state index is 0.182. The molecule has 0 aliphatic rings. The maximum Gasteiger partial charge on any atom is 0.119 e. The lowest BCUT2D eigenvalue weighted by atomic mass is 10.3. The smallest absolute Gasteiger partial charge is 0.119 e. The van der Waals surface area contributed by atoms with Gasteiger partial charge in [-0.1, -0.05) is 0 Å². The minimum Gasteiger partial charge on any atom is -0.494 e. The molecule has 1 rings (SSSR count). The van der Waals surface area contributed by atoms with Crippen LogP contribution < -0.4 is 9.47 Å². The molecule has 0 saturated carbocycles. The number of benzene rings is 1. The van der Waals surface area contributed by atoms with Crippen LogP contribution >= 0.6 is 0 Å². The van der Waals surface area contributed by atoms with Crippen LogP contribution in [0.15, 0.2) is 24.3 Å². The molecule has 0 unspecified atom stereocenters. The fourth-order valence-corrected chi connectivity index (χ4v) is 1.84. The van der Waals surface area contributed by atoms with Gasteiger partial charge in [0.15, 0.2) is 0 Å². The molecule has 0 bridgehead atoms. The van der Waals surface area contributed by atoms with E-state index in [1.807, 2.05) is 31.2 Å². The summed E-state index contributed by atoms with van der Waals surface area (Å²) in [4.78, 5) is 2.19. The lowest BCUT2D eigenvalue weighted by molar-refractivity contribution is 0.141. The van der Waals surface area contributed by atoms with E-state index in [1.54, 1.807) is 0 Å². The highest BCUT2D eigenvalue weighted by molar-refractivity contribution is 5.31. The number of hydrogen-bond acceptors (Lipinski definition) is 4. The third kappa shape index (κ3) is 5.94. The van der Waals surface area contributed by atoms with E-state index in [2.05, 4.69) is 18.7 Å². The molecule has 0 aromatic heterocycles. The molecule has 0 aliphatic heterocycles. The Morgan fingerprint density at radius 2 is 1.63 bits per heavy atom. The predicted molar refractivity (Wildman–Crippen MR) is 76.9 cm³/mol. The molecule has 0 atom stereocenters. The van der Waals surface area contributed by atoms with Crippen LogP contribution in [0.3, 0.4) is 0 Å². The molecule has 4 nitrogen and oxygen atoms in total. The molecule has 1 aromatic rings. The third-order valence-corrected chi connectivity index (χ3v) is 2.90. The van der Waals surface area contributed by atoms with Gasteiger partial charge in [-0.15, -0.1) is 0 Å². The van der Waals surface area contributed by atoms with Gasteiger partial charge in [0, 0.05) is 19.1 Å². The first kappa shape index (κ1) is 15.8. The highest BCUT2D eigenvalue weighted by atomic mass is 16.5. The van der Waals surface area contributed by atoms with E-state index in [1.165, 1.54) is 0 Å². The van der Waals surface area contributed by atoms with Crippen molar-refractivity contribution in [3.8, 4) is 11.5 Å². The van der Waals surface area contributed by atoms with Crippen molar-refractivity contribution in [2.45, 2.75) is 26.8 Å². The first-order chi connectivity index (χ1) is 9.17. The maximum atomic E-state index is 8.99. The second-order valence-corrected chi connectivity index (χ2v) is 4.61. The summed E-state index contributed by atoms with van der Waals surface area (Å²) in [5.41, 5.74) is 0. The van der Waals surface area contributed by atoms with Gasteiger partial charge in [-0.2, -0.15) is 0 Å². The zero-order valence-electron chi connectivity index (χ0n) is 12.1. The number of nitrogens with zero attached hydrogens (tertiary/aromatic N) is 1. The molecule has 0 heterocycles. The summed E-state index contributed by atoms with van der Waals surface area (Å²) in [6, 6.07) is 8.06. The van der Waals surface area contributed by atoms with Crippen LogP contribution in [0.5, 0.6) is 11.5 Å². The van der Waals surface area contributed by atoms with Gasteiger partial charge in [-0.3, -0.25) is 4.90 Å². The Kier molecular flexibility index (Phi) is 7.30. The van der Waals surface area contributed by atoms with E-state index < -0.39 is 0 Å². The van der Waals surface area contributed by atoms with Crippen molar-refractivity contribution >= 4 is 0 Å². The Balaban J connectivity index is 2.35. The largest absolute Gasteiger partial charge is 0.494 e. The first-order valence-electron chi connectivity index (χ1n) is 6.88. The van der Waals surface area contributed by atoms with Gasteiger partial charge in [0.25, 0.3) is 0 Å². The summed E-state index contributed by atoms with van der Waals surface area (Å²) in [6.07, 6.45) is 0. The first-order valence-corrected chi connectivity index (χ1v) is 6.88. The average molecular weight is 267 g/mol. The Labute approximate surface area is 115 Å². The van der Waals surface area contributed by atoms with Crippen molar-refractivity contribution < 1.29 is 14.6 Å². The van der Waals surface area contributed by atoms with Gasteiger partial charge in [0.05, 0.1) is 13.2 Å². The van der Waals surface area contributed by atoms with Gasteiger partial charge in [-0.05, 0) is 45.0 Å². The standard InChI is InChI=1S/C15H25NO3/c1-4-18-14-5-7-15(8-6-14)19-12-10-16(9-11-17)13(2)3/h5-8,13,17H,4,9-12H2,1-3H3. The Morgan fingerprint density at radius 3 is 2.11 bits per heavy atom. The van der Waals surface area contributed by atoms with Crippen LogP contribution in [-0.4, -0.2) is 49.0 Å². The molecule has 0 aliphatic carbocycles. The SMILES string of the molecule is CCOc1ccc(OCCN(CCO)C(C)C)cc1. The van der Waals surface area contributed by atoms with Gasteiger partial charge in [-0.25, -0.2) is 0 Å².